The van der Waals surface area contributed by atoms with Gasteiger partial charge in [-0.2, -0.15) is 0 Å². The highest BCUT2D eigenvalue weighted by Crippen LogP contribution is 2.19. The van der Waals surface area contributed by atoms with Crippen molar-refractivity contribution in [2.45, 2.75) is 31.7 Å². The fourth-order valence-corrected chi connectivity index (χ4v) is 1.96. The average molecular weight is 291 g/mol. The number of hydrogen-bond acceptors (Lipinski definition) is 5. The van der Waals surface area contributed by atoms with E-state index in [1.807, 2.05) is 0 Å². The van der Waals surface area contributed by atoms with Gasteiger partial charge in [0, 0.05) is 30.4 Å². The Balaban J connectivity index is 1.77. The Bertz CT molecular complexity index is 527. The zero-order valence-corrected chi connectivity index (χ0v) is 12.1. The SMILES string of the molecule is COC(=O)c1cc(NCCCC(=O)NC2CC2)ccc1N. The summed E-state index contributed by atoms with van der Waals surface area (Å²) in [6.07, 6.45) is 3.44. The van der Waals surface area contributed by atoms with E-state index in [-0.39, 0.29) is 5.91 Å². The lowest BCUT2D eigenvalue weighted by atomic mass is 10.1. The molecule has 0 spiro atoms. The van der Waals surface area contributed by atoms with Gasteiger partial charge in [-0.1, -0.05) is 0 Å². The predicted octanol–water partition coefficient (Wildman–Crippen LogP) is 1.53. The van der Waals surface area contributed by atoms with Crippen molar-refractivity contribution in [1.82, 2.24) is 5.32 Å². The number of carbonyl (C=O) groups is 2. The van der Waals surface area contributed by atoms with Crippen molar-refractivity contribution in [1.29, 1.82) is 0 Å². The summed E-state index contributed by atoms with van der Waals surface area (Å²) in [5.41, 5.74) is 7.24. The lowest BCUT2D eigenvalue weighted by molar-refractivity contribution is -0.121. The Labute approximate surface area is 124 Å². The van der Waals surface area contributed by atoms with Gasteiger partial charge in [0.15, 0.2) is 0 Å². The Kier molecular flexibility index (Phi) is 5.03. The highest BCUT2D eigenvalue weighted by atomic mass is 16.5. The van der Waals surface area contributed by atoms with Crippen molar-refractivity contribution < 1.29 is 14.3 Å². The van der Waals surface area contributed by atoms with Gasteiger partial charge in [0.25, 0.3) is 0 Å². The largest absolute Gasteiger partial charge is 0.465 e. The van der Waals surface area contributed by atoms with E-state index < -0.39 is 5.97 Å². The number of amides is 1. The van der Waals surface area contributed by atoms with Crippen molar-refractivity contribution in [2.75, 3.05) is 24.7 Å². The van der Waals surface area contributed by atoms with Gasteiger partial charge in [0.1, 0.15) is 0 Å². The minimum atomic E-state index is -0.458. The molecule has 1 aliphatic rings. The molecule has 4 N–H and O–H groups in total. The number of anilines is 2. The van der Waals surface area contributed by atoms with Gasteiger partial charge in [-0.15, -0.1) is 0 Å². The summed E-state index contributed by atoms with van der Waals surface area (Å²) < 4.78 is 4.67. The third kappa shape index (κ3) is 4.66. The van der Waals surface area contributed by atoms with Gasteiger partial charge in [0.2, 0.25) is 5.91 Å². The number of ether oxygens (including phenoxy) is 1. The minimum Gasteiger partial charge on any atom is -0.465 e. The summed E-state index contributed by atoms with van der Waals surface area (Å²) in [6, 6.07) is 5.52. The summed E-state index contributed by atoms with van der Waals surface area (Å²) in [6.45, 7) is 0.655. The second kappa shape index (κ2) is 6.97. The molecule has 0 aromatic heterocycles. The molecular weight excluding hydrogens is 270 g/mol. The third-order valence-electron chi connectivity index (χ3n) is 3.31. The molecule has 0 aliphatic heterocycles. The lowest BCUT2D eigenvalue weighted by Crippen LogP contribution is -2.25. The van der Waals surface area contributed by atoms with Gasteiger partial charge in [0.05, 0.1) is 12.7 Å². The maximum atomic E-state index is 11.5. The van der Waals surface area contributed by atoms with Crippen LogP contribution in [0.3, 0.4) is 0 Å². The molecule has 6 heteroatoms. The van der Waals surface area contributed by atoms with E-state index in [1.165, 1.54) is 7.11 Å². The predicted molar refractivity (Wildman–Crippen MR) is 81.1 cm³/mol. The van der Waals surface area contributed by atoms with Crippen LogP contribution in [0.15, 0.2) is 18.2 Å². The summed E-state index contributed by atoms with van der Waals surface area (Å²) >= 11 is 0. The van der Waals surface area contributed by atoms with E-state index in [0.29, 0.717) is 30.3 Å². The Morgan fingerprint density at radius 2 is 2.14 bits per heavy atom. The van der Waals surface area contributed by atoms with Crippen molar-refractivity contribution in [3.05, 3.63) is 23.8 Å². The highest BCUT2D eigenvalue weighted by Gasteiger charge is 2.22. The topological polar surface area (TPSA) is 93.4 Å². The summed E-state index contributed by atoms with van der Waals surface area (Å²) in [4.78, 5) is 23.0. The molecule has 1 amide bonds. The number of nitrogen functional groups attached to an aromatic ring is 1. The van der Waals surface area contributed by atoms with Crippen LogP contribution in [0, 0.1) is 0 Å². The number of hydrogen-bond donors (Lipinski definition) is 3. The van der Waals surface area contributed by atoms with E-state index >= 15 is 0 Å². The molecule has 2 rings (SSSR count). The monoisotopic (exact) mass is 291 g/mol. The fourth-order valence-electron chi connectivity index (χ4n) is 1.96. The molecule has 6 nitrogen and oxygen atoms in total. The van der Waals surface area contributed by atoms with Crippen LogP contribution >= 0.6 is 0 Å². The van der Waals surface area contributed by atoms with Crippen LogP contribution in [-0.4, -0.2) is 31.6 Å². The molecule has 1 saturated carbocycles. The first-order valence-electron chi connectivity index (χ1n) is 7.11. The fraction of sp³-hybridized carbons (Fsp3) is 0.467. The zero-order chi connectivity index (χ0) is 15.2. The van der Waals surface area contributed by atoms with Crippen molar-refractivity contribution in [3.63, 3.8) is 0 Å². The molecule has 0 radical (unpaired) electrons. The number of esters is 1. The normalized spacial score (nSPS) is 13.6. The van der Waals surface area contributed by atoms with Crippen LogP contribution in [0.4, 0.5) is 11.4 Å². The Morgan fingerprint density at radius 3 is 2.81 bits per heavy atom. The van der Waals surface area contributed by atoms with Crippen LogP contribution in [0.1, 0.15) is 36.0 Å². The smallest absolute Gasteiger partial charge is 0.340 e. The van der Waals surface area contributed by atoms with Crippen molar-refractivity contribution >= 4 is 23.3 Å². The van der Waals surface area contributed by atoms with Crippen LogP contribution in [0.5, 0.6) is 0 Å². The van der Waals surface area contributed by atoms with Gasteiger partial charge in [-0.05, 0) is 37.5 Å². The summed E-state index contributed by atoms with van der Waals surface area (Å²) in [5.74, 6) is -0.355. The first kappa shape index (κ1) is 15.2. The number of methoxy groups -OCH3 is 1. The Morgan fingerprint density at radius 1 is 1.38 bits per heavy atom. The molecule has 1 fully saturated rings. The second-order valence-corrected chi connectivity index (χ2v) is 5.17. The molecule has 0 atom stereocenters. The average Bonchev–Trinajstić information content (AvgIpc) is 3.28. The molecule has 1 aromatic carbocycles. The number of nitrogens with two attached hydrogens (primary N) is 1. The van der Waals surface area contributed by atoms with Crippen molar-refractivity contribution in [3.8, 4) is 0 Å². The lowest BCUT2D eigenvalue weighted by Gasteiger charge is -2.09. The van der Waals surface area contributed by atoms with Gasteiger partial charge in [-0.25, -0.2) is 4.79 Å². The van der Waals surface area contributed by atoms with E-state index in [9.17, 15) is 9.59 Å². The molecule has 114 valence electrons. The number of rotatable bonds is 7. The van der Waals surface area contributed by atoms with E-state index in [0.717, 1.165) is 24.9 Å². The molecule has 0 saturated heterocycles. The number of benzene rings is 1. The maximum absolute atomic E-state index is 11.5. The number of nitrogens with one attached hydrogen (secondary N) is 2. The highest BCUT2D eigenvalue weighted by molar-refractivity contribution is 5.96. The minimum absolute atomic E-state index is 0.104. The first-order chi connectivity index (χ1) is 10.1. The summed E-state index contributed by atoms with van der Waals surface area (Å²) in [7, 11) is 1.32. The number of carbonyl (C=O) groups excluding carboxylic acids is 2. The summed E-state index contributed by atoms with van der Waals surface area (Å²) in [5, 5.41) is 6.12. The molecule has 0 unspecified atom stereocenters. The van der Waals surface area contributed by atoms with E-state index in [2.05, 4.69) is 15.4 Å². The van der Waals surface area contributed by atoms with Crippen LogP contribution in [-0.2, 0) is 9.53 Å². The molecular formula is C15H21N3O3. The zero-order valence-electron chi connectivity index (χ0n) is 12.1. The van der Waals surface area contributed by atoms with Crippen molar-refractivity contribution in [2.24, 2.45) is 0 Å². The van der Waals surface area contributed by atoms with E-state index in [1.54, 1.807) is 18.2 Å². The molecule has 0 bridgehead atoms. The molecule has 1 aromatic rings. The van der Waals surface area contributed by atoms with Gasteiger partial charge < -0.3 is 21.1 Å². The van der Waals surface area contributed by atoms with E-state index in [4.69, 9.17) is 5.73 Å². The first-order valence-corrected chi connectivity index (χ1v) is 7.11. The maximum Gasteiger partial charge on any atom is 0.340 e. The third-order valence-corrected chi connectivity index (χ3v) is 3.31. The molecule has 0 heterocycles. The second-order valence-electron chi connectivity index (χ2n) is 5.17. The van der Waals surface area contributed by atoms with Gasteiger partial charge in [-0.3, -0.25) is 4.79 Å². The Hall–Kier alpha value is -2.24. The van der Waals surface area contributed by atoms with Gasteiger partial charge >= 0.3 is 5.97 Å². The van der Waals surface area contributed by atoms with Crippen LogP contribution in [0.2, 0.25) is 0 Å². The quantitative estimate of drug-likeness (QED) is 0.402. The molecule has 21 heavy (non-hydrogen) atoms. The standard InChI is InChI=1S/C15H21N3O3/c1-21-15(20)12-9-11(6-7-13(12)16)17-8-2-3-14(19)18-10-4-5-10/h6-7,9-10,17H,2-5,8,16H2,1H3,(H,18,19). The molecule has 1 aliphatic carbocycles. The van der Waals surface area contributed by atoms with Crippen LogP contribution < -0.4 is 16.4 Å². The van der Waals surface area contributed by atoms with Crippen LogP contribution in [0.25, 0.3) is 0 Å².